The smallest absolute Gasteiger partial charge is 0.0234 e. The van der Waals surface area contributed by atoms with E-state index in [9.17, 15) is 0 Å². The van der Waals surface area contributed by atoms with Crippen molar-refractivity contribution in [2.24, 2.45) is 5.92 Å². The van der Waals surface area contributed by atoms with E-state index in [0.717, 1.165) is 32.0 Å². The summed E-state index contributed by atoms with van der Waals surface area (Å²) in [7, 11) is 4.30. The molecule has 1 rings (SSSR count). The maximum Gasteiger partial charge on any atom is 0.0234 e. The minimum Gasteiger partial charge on any atom is -0.308 e. The van der Waals surface area contributed by atoms with E-state index in [0.29, 0.717) is 0 Å². The first-order valence-electron chi connectivity index (χ1n) is 7.96. The molecule has 0 aliphatic heterocycles. The Bertz CT molecular complexity index is 359. The lowest BCUT2D eigenvalue weighted by molar-refractivity contribution is 0.222. The zero-order valence-corrected chi connectivity index (χ0v) is 14.0. The van der Waals surface area contributed by atoms with Gasteiger partial charge < -0.3 is 4.90 Å². The summed E-state index contributed by atoms with van der Waals surface area (Å²) in [6, 6.07) is 9.04. The topological polar surface area (TPSA) is 6.48 Å². The van der Waals surface area contributed by atoms with Gasteiger partial charge in [0.1, 0.15) is 0 Å². The number of aryl methyl sites for hydroxylation is 1. The van der Waals surface area contributed by atoms with Gasteiger partial charge in [-0.05, 0) is 50.5 Å². The average Bonchev–Trinajstić information content (AvgIpc) is 2.41. The van der Waals surface area contributed by atoms with Gasteiger partial charge in [-0.2, -0.15) is 0 Å². The molecule has 0 aromatic heterocycles. The quantitative estimate of drug-likeness (QED) is 0.679. The Labute approximate surface area is 125 Å². The fraction of sp³-hybridized carbons (Fsp3) is 0.667. The van der Waals surface area contributed by atoms with Gasteiger partial charge in [-0.3, -0.25) is 4.90 Å². The molecule has 1 aromatic rings. The maximum absolute atomic E-state index is 2.59. The molecule has 0 saturated heterocycles. The van der Waals surface area contributed by atoms with Crippen LogP contribution in [0.4, 0.5) is 0 Å². The molecule has 0 spiro atoms. The Hall–Kier alpha value is -0.860. The molecule has 0 amide bonds. The van der Waals surface area contributed by atoms with Gasteiger partial charge in [-0.15, -0.1) is 0 Å². The standard InChI is InChI=1S/C18H32N2/c1-6-17-8-7-9-18(14-17)15-20(11-10-16(2)3)13-12-19(4)5/h7-9,14,16H,6,10-13,15H2,1-5H3. The Kier molecular flexibility index (Phi) is 7.86. The highest BCUT2D eigenvalue weighted by Crippen LogP contribution is 2.11. The molecule has 0 atom stereocenters. The molecule has 1 aromatic carbocycles. The lowest BCUT2D eigenvalue weighted by atomic mass is 10.1. The highest BCUT2D eigenvalue weighted by Gasteiger charge is 2.08. The number of hydrogen-bond donors (Lipinski definition) is 0. The van der Waals surface area contributed by atoms with Gasteiger partial charge in [0.15, 0.2) is 0 Å². The van der Waals surface area contributed by atoms with Crippen LogP contribution in [-0.2, 0) is 13.0 Å². The van der Waals surface area contributed by atoms with Crippen LogP contribution in [0.3, 0.4) is 0 Å². The zero-order chi connectivity index (χ0) is 15.0. The third-order valence-corrected chi connectivity index (χ3v) is 3.69. The van der Waals surface area contributed by atoms with Crippen molar-refractivity contribution < 1.29 is 0 Å². The first-order chi connectivity index (χ1) is 9.51. The molecule has 0 bridgehead atoms. The molecule has 0 heterocycles. The van der Waals surface area contributed by atoms with Crippen LogP contribution in [0, 0.1) is 5.92 Å². The van der Waals surface area contributed by atoms with Crippen molar-refractivity contribution in [2.45, 2.75) is 40.2 Å². The summed E-state index contributed by atoms with van der Waals surface area (Å²) in [5.74, 6) is 0.777. The van der Waals surface area contributed by atoms with Crippen LogP contribution in [0.5, 0.6) is 0 Å². The van der Waals surface area contributed by atoms with Gasteiger partial charge in [0.05, 0.1) is 0 Å². The Morgan fingerprint density at radius 3 is 2.30 bits per heavy atom. The average molecular weight is 276 g/mol. The lowest BCUT2D eigenvalue weighted by Gasteiger charge is -2.25. The van der Waals surface area contributed by atoms with Crippen molar-refractivity contribution >= 4 is 0 Å². The van der Waals surface area contributed by atoms with Gasteiger partial charge in [0.2, 0.25) is 0 Å². The Morgan fingerprint density at radius 2 is 1.70 bits per heavy atom. The third kappa shape index (κ3) is 7.06. The summed E-state index contributed by atoms with van der Waals surface area (Å²) >= 11 is 0. The number of benzene rings is 1. The van der Waals surface area contributed by atoms with Crippen LogP contribution < -0.4 is 0 Å². The van der Waals surface area contributed by atoms with E-state index < -0.39 is 0 Å². The van der Waals surface area contributed by atoms with Gasteiger partial charge in [-0.25, -0.2) is 0 Å². The molecule has 2 heteroatoms. The van der Waals surface area contributed by atoms with Crippen molar-refractivity contribution in [2.75, 3.05) is 33.7 Å². The van der Waals surface area contributed by atoms with Gasteiger partial charge >= 0.3 is 0 Å². The minimum atomic E-state index is 0.777. The summed E-state index contributed by atoms with van der Waals surface area (Å²) in [5, 5.41) is 0. The monoisotopic (exact) mass is 276 g/mol. The summed E-state index contributed by atoms with van der Waals surface area (Å²) in [6.45, 7) is 11.4. The van der Waals surface area contributed by atoms with Crippen molar-refractivity contribution in [1.82, 2.24) is 9.80 Å². The summed E-state index contributed by atoms with van der Waals surface area (Å²) in [5.41, 5.74) is 2.89. The number of likely N-dealkylation sites (N-methyl/N-ethyl adjacent to an activating group) is 1. The minimum absolute atomic E-state index is 0.777. The highest BCUT2D eigenvalue weighted by atomic mass is 15.2. The largest absolute Gasteiger partial charge is 0.308 e. The van der Waals surface area contributed by atoms with Crippen LogP contribution >= 0.6 is 0 Å². The predicted octanol–water partition coefficient (Wildman–Crippen LogP) is 3.66. The molecular weight excluding hydrogens is 244 g/mol. The molecule has 0 N–H and O–H groups in total. The molecule has 0 aliphatic rings. The zero-order valence-electron chi connectivity index (χ0n) is 14.0. The van der Waals surface area contributed by atoms with Crippen LogP contribution in [0.2, 0.25) is 0 Å². The van der Waals surface area contributed by atoms with Crippen molar-refractivity contribution in [3.05, 3.63) is 35.4 Å². The van der Waals surface area contributed by atoms with E-state index in [1.807, 2.05) is 0 Å². The van der Waals surface area contributed by atoms with Gasteiger partial charge in [-0.1, -0.05) is 45.0 Å². The van der Waals surface area contributed by atoms with E-state index >= 15 is 0 Å². The molecule has 0 radical (unpaired) electrons. The SMILES string of the molecule is CCc1cccc(CN(CCC(C)C)CCN(C)C)c1. The van der Waals surface area contributed by atoms with E-state index in [2.05, 4.69) is 68.9 Å². The highest BCUT2D eigenvalue weighted by molar-refractivity contribution is 5.23. The van der Waals surface area contributed by atoms with E-state index in [1.165, 1.54) is 24.1 Å². The molecule has 0 fully saturated rings. The first-order valence-corrected chi connectivity index (χ1v) is 7.96. The molecule has 0 aliphatic carbocycles. The number of rotatable bonds is 9. The fourth-order valence-corrected chi connectivity index (χ4v) is 2.26. The molecule has 0 unspecified atom stereocenters. The van der Waals surface area contributed by atoms with Gasteiger partial charge in [0, 0.05) is 19.6 Å². The normalized spacial score (nSPS) is 11.8. The van der Waals surface area contributed by atoms with Crippen molar-refractivity contribution in [3.63, 3.8) is 0 Å². The van der Waals surface area contributed by atoms with E-state index in [-0.39, 0.29) is 0 Å². The number of hydrogen-bond acceptors (Lipinski definition) is 2. The molecule has 0 saturated carbocycles. The second-order valence-corrected chi connectivity index (χ2v) is 6.44. The molecule has 114 valence electrons. The van der Waals surface area contributed by atoms with Crippen molar-refractivity contribution in [3.8, 4) is 0 Å². The van der Waals surface area contributed by atoms with Crippen molar-refractivity contribution in [1.29, 1.82) is 0 Å². The van der Waals surface area contributed by atoms with Crippen LogP contribution in [-0.4, -0.2) is 43.5 Å². The Morgan fingerprint density at radius 1 is 1.00 bits per heavy atom. The Balaban J connectivity index is 2.61. The lowest BCUT2D eigenvalue weighted by Crippen LogP contribution is -2.32. The summed E-state index contributed by atoms with van der Waals surface area (Å²) in [4.78, 5) is 4.86. The third-order valence-electron chi connectivity index (χ3n) is 3.69. The van der Waals surface area contributed by atoms with Crippen LogP contribution in [0.1, 0.15) is 38.3 Å². The van der Waals surface area contributed by atoms with Crippen LogP contribution in [0.15, 0.2) is 24.3 Å². The molecule has 20 heavy (non-hydrogen) atoms. The summed E-state index contributed by atoms with van der Waals surface area (Å²) < 4.78 is 0. The second kappa shape index (κ2) is 9.15. The predicted molar refractivity (Wildman–Crippen MR) is 89.1 cm³/mol. The first kappa shape index (κ1) is 17.2. The van der Waals surface area contributed by atoms with E-state index in [1.54, 1.807) is 0 Å². The fourth-order valence-electron chi connectivity index (χ4n) is 2.26. The number of nitrogens with zero attached hydrogens (tertiary/aromatic N) is 2. The summed E-state index contributed by atoms with van der Waals surface area (Å²) in [6.07, 6.45) is 2.40. The molecular formula is C18H32N2. The van der Waals surface area contributed by atoms with Gasteiger partial charge in [0.25, 0.3) is 0 Å². The van der Waals surface area contributed by atoms with Crippen LogP contribution in [0.25, 0.3) is 0 Å². The van der Waals surface area contributed by atoms with E-state index in [4.69, 9.17) is 0 Å². The maximum atomic E-state index is 2.59. The second-order valence-electron chi connectivity index (χ2n) is 6.44. The molecule has 2 nitrogen and oxygen atoms in total.